The van der Waals surface area contributed by atoms with Gasteiger partial charge in [0.05, 0.1) is 0 Å². The van der Waals surface area contributed by atoms with Crippen LogP contribution in [0.2, 0.25) is 0 Å². The second kappa shape index (κ2) is 8.14. The third-order valence-corrected chi connectivity index (χ3v) is 4.29. The van der Waals surface area contributed by atoms with E-state index in [2.05, 4.69) is 65.4 Å². The van der Waals surface area contributed by atoms with Crippen LogP contribution in [0.5, 0.6) is 0 Å². The fourth-order valence-corrected chi connectivity index (χ4v) is 2.97. The first-order chi connectivity index (χ1) is 12.2. The van der Waals surface area contributed by atoms with E-state index in [-0.39, 0.29) is 0 Å². The molecule has 2 heterocycles. The molecule has 1 N–H and O–H groups in total. The van der Waals surface area contributed by atoms with Gasteiger partial charge < -0.3 is 14.7 Å². The second-order valence-corrected chi connectivity index (χ2v) is 6.57. The summed E-state index contributed by atoms with van der Waals surface area (Å²) < 4.78 is 5.29. The van der Waals surface area contributed by atoms with Crippen molar-refractivity contribution in [2.24, 2.45) is 4.99 Å². The first-order valence-corrected chi connectivity index (χ1v) is 9.15. The van der Waals surface area contributed by atoms with Crippen LogP contribution in [-0.4, -0.2) is 35.7 Å². The molecule has 6 heteroatoms. The number of rotatable bonds is 6. The van der Waals surface area contributed by atoms with Crippen LogP contribution < -0.4 is 10.2 Å². The van der Waals surface area contributed by atoms with Crippen molar-refractivity contribution in [1.82, 2.24) is 15.5 Å². The number of anilines is 1. The van der Waals surface area contributed by atoms with Crippen LogP contribution in [0.25, 0.3) is 0 Å². The van der Waals surface area contributed by atoms with E-state index in [1.165, 1.54) is 11.3 Å². The van der Waals surface area contributed by atoms with Crippen molar-refractivity contribution in [2.75, 3.05) is 24.5 Å². The maximum absolute atomic E-state index is 5.29. The molecule has 1 aliphatic heterocycles. The molecule has 1 aromatic carbocycles. The molecule has 0 saturated carbocycles. The molecule has 0 saturated heterocycles. The number of hydrogen-bond donors (Lipinski definition) is 1. The Kier molecular flexibility index (Phi) is 5.68. The normalized spacial score (nSPS) is 14.2. The van der Waals surface area contributed by atoms with Crippen molar-refractivity contribution < 1.29 is 4.52 Å². The molecule has 2 aromatic rings. The van der Waals surface area contributed by atoms with Crippen LogP contribution in [-0.2, 0) is 12.8 Å². The monoisotopic (exact) mass is 341 g/mol. The molecule has 0 bridgehead atoms. The van der Waals surface area contributed by atoms with E-state index >= 15 is 0 Å². The SMILES string of the molecule is CCNC(=NCCCc1nc(C(C)C)no1)N1CCc2ccccc21. The van der Waals surface area contributed by atoms with Crippen LogP contribution in [0.15, 0.2) is 33.8 Å². The zero-order chi connectivity index (χ0) is 17.6. The number of aromatic nitrogens is 2. The summed E-state index contributed by atoms with van der Waals surface area (Å²) in [7, 11) is 0. The number of hydrogen-bond acceptors (Lipinski definition) is 4. The highest BCUT2D eigenvalue weighted by Gasteiger charge is 2.22. The topological polar surface area (TPSA) is 66.5 Å². The van der Waals surface area contributed by atoms with Crippen molar-refractivity contribution in [1.29, 1.82) is 0 Å². The molecule has 0 radical (unpaired) electrons. The Morgan fingerprint density at radius 2 is 2.20 bits per heavy atom. The van der Waals surface area contributed by atoms with Gasteiger partial charge in [0.25, 0.3) is 0 Å². The number of aryl methyl sites for hydroxylation is 1. The van der Waals surface area contributed by atoms with Gasteiger partial charge in [-0.25, -0.2) is 0 Å². The minimum absolute atomic E-state index is 0.297. The Labute approximate surface area is 149 Å². The summed E-state index contributed by atoms with van der Waals surface area (Å²) in [4.78, 5) is 11.5. The highest BCUT2D eigenvalue weighted by molar-refractivity contribution is 5.97. The average molecular weight is 341 g/mol. The summed E-state index contributed by atoms with van der Waals surface area (Å²) in [6, 6.07) is 8.55. The lowest BCUT2D eigenvalue weighted by molar-refractivity contribution is 0.369. The molecule has 0 amide bonds. The first-order valence-electron chi connectivity index (χ1n) is 9.15. The Morgan fingerprint density at radius 1 is 1.36 bits per heavy atom. The van der Waals surface area contributed by atoms with Gasteiger partial charge in [-0.3, -0.25) is 4.99 Å². The van der Waals surface area contributed by atoms with Crippen molar-refractivity contribution in [3.63, 3.8) is 0 Å². The molecule has 1 aromatic heterocycles. The Balaban J connectivity index is 1.59. The van der Waals surface area contributed by atoms with E-state index in [0.29, 0.717) is 11.8 Å². The second-order valence-electron chi connectivity index (χ2n) is 6.57. The lowest BCUT2D eigenvalue weighted by Crippen LogP contribution is -2.40. The number of guanidine groups is 1. The zero-order valence-corrected chi connectivity index (χ0v) is 15.3. The van der Waals surface area contributed by atoms with Gasteiger partial charge in [0, 0.05) is 37.7 Å². The number of benzene rings is 1. The molecule has 6 nitrogen and oxygen atoms in total. The van der Waals surface area contributed by atoms with Crippen LogP contribution >= 0.6 is 0 Å². The van der Waals surface area contributed by atoms with Crippen LogP contribution in [0.3, 0.4) is 0 Å². The fourth-order valence-electron chi connectivity index (χ4n) is 2.97. The molecular weight excluding hydrogens is 314 g/mol. The highest BCUT2D eigenvalue weighted by atomic mass is 16.5. The van der Waals surface area contributed by atoms with E-state index in [1.807, 2.05) is 0 Å². The van der Waals surface area contributed by atoms with Gasteiger partial charge in [0.1, 0.15) is 0 Å². The molecule has 0 aliphatic carbocycles. The number of nitrogens with zero attached hydrogens (tertiary/aromatic N) is 4. The largest absolute Gasteiger partial charge is 0.356 e. The lowest BCUT2D eigenvalue weighted by Gasteiger charge is -2.22. The third-order valence-electron chi connectivity index (χ3n) is 4.29. The predicted octanol–water partition coefficient (Wildman–Crippen LogP) is 3.15. The van der Waals surface area contributed by atoms with E-state index in [4.69, 9.17) is 9.52 Å². The van der Waals surface area contributed by atoms with Crippen molar-refractivity contribution in [3.8, 4) is 0 Å². The van der Waals surface area contributed by atoms with Gasteiger partial charge in [-0.15, -0.1) is 0 Å². The molecule has 0 atom stereocenters. The summed E-state index contributed by atoms with van der Waals surface area (Å²) in [5.74, 6) is 2.74. The minimum Gasteiger partial charge on any atom is -0.356 e. The maximum Gasteiger partial charge on any atom is 0.226 e. The Morgan fingerprint density at radius 3 is 2.96 bits per heavy atom. The van der Waals surface area contributed by atoms with Gasteiger partial charge in [-0.1, -0.05) is 37.2 Å². The fraction of sp³-hybridized carbons (Fsp3) is 0.526. The minimum atomic E-state index is 0.297. The molecule has 3 rings (SSSR count). The number of nitrogens with one attached hydrogen (secondary N) is 1. The van der Waals surface area contributed by atoms with Crippen molar-refractivity contribution >= 4 is 11.6 Å². The number of para-hydroxylation sites is 1. The van der Waals surface area contributed by atoms with Crippen LogP contribution in [0, 0.1) is 0 Å². The summed E-state index contributed by atoms with van der Waals surface area (Å²) in [5.41, 5.74) is 2.65. The van der Waals surface area contributed by atoms with E-state index < -0.39 is 0 Å². The Hall–Kier alpha value is -2.37. The van der Waals surface area contributed by atoms with Crippen LogP contribution in [0.4, 0.5) is 5.69 Å². The molecule has 0 unspecified atom stereocenters. The van der Waals surface area contributed by atoms with Gasteiger partial charge in [0.2, 0.25) is 5.89 Å². The molecule has 134 valence electrons. The lowest BCUT2D eigenvalue weighted by atomic mass is 10.2. The number of aliphatic imine (C=N–C) groups is 1. The molecule has 25 heavy (non-hydrogen) atoms. The van der Waals surface area contributed by atoms with Gasteiger partial charge in [0.15, 0.2) is 11.8 Å². The van der Waals surface area contributed by atoms with E-state index in [0.717, 1.165) is 50.7 Å². The maximum atomic E-state index is 5.29. The van der Waals surface area contributed by atoms with Crippen molar-refractivity contribution in [3.05, 3.63) is 41.5 Å². The zero-order valence-electron chi connectivity index (χ0n) is 15.3. The summed E-state index contributed by atoms with van der Waals surface area (Å²) in [6.45, 7) is 8.81. The Bertz CT molecular complexity index is 722. The van der Waals surface area contributed by atoms with Gasteiger partial charge in [-0.05, 0) is 31.4 Å². The molecule has 1 aliphatic rings. The first kappa shape index (κ1) is 17.5. The standard InChI is InChI=1S/C19H27N5O/c1-4-20-19(24-13-11-15-8-5-6-9-16(15)24)21-12-7-10-17-22-18(14(2)3)23-25-17/h5-6,8-9,14H,4,7,10-13H2,1-3H3,(H,20,21). The molecular formula is C19H27N5O. The van der Waals surface area contributed by atoms with Crippen LogP contribution in [0.1, 0.15) is 50.4 Å². The summed E-state index contributed by atoms with van der Waals surface area (Å²) >= 11 is 0. The predicted molar refractivity (Wildman–Crippen MR) is 100 cm³/mol. The third kappa shape index (κ3) is 4.18. The molecule has 0 fully saturated rings. The van der Waals surface area contributed by atoms with E-state index in [9.17, 15) is 0 Å². The highest BCUT2D eigenvalue weighted by Crippen LogP contribution is 2.27. The van der Waals surface area contributed by atoms with Gasteiger partial charge >= 0.3 is 0 Å². The van der Waals surface area contributed by atoms with E-state index in [1.54, 1.807) is 0 Å². The number of fused-ring (bicyclic) bond motifs is 1. The molecule has 0 spiro atoms. The average Bonchev–Trinajstić information content (AvgIpc) is 3.25. The summed E-state index contributed by atoms with van der Waals surface area (Å²) in [6.07, 6.45) is 2.73. The summed E-state index contributed by atoms with van der Waals surface area (Å²) in [5, 5.41) is 7.41. The smallest absolute Gasteiger partial charge is 0.226 e. The van der Waals surface area contributed by atoms with Crippen molar-refractivity contribution in [2.45, 2.75) is 46.0 Å². The quantitative estimate of drug-likeness (QED) is 0.497. The van der Waals surface area contributed by atoms with Gasteiger partial charge in [-0.2, -0.15) is 4.98 Å².